The Labute approximate surface area is 369 Å². The van der Waals surface area contributed by atoms with Crippen molar-refractivity contribution in [3.63, 3.8) is 0 Å². The fraction of sp³-hybridized carbons (Fsp3) is 0.391. The third-order valence-corrected chi connectivity index (χ3v) is 13.2. The number of rotatable bonds is 9. The van der Waals surface area contributed by atoms with Gasteiger partial charge in [-0.1, -0.05) is 18.2 Å². The van der Waals surface area contributed by atoms with Gasteiger partial charge in [0.1, 0.15) is 35.4 Å². The molecule has 3 aromatic carbocycles. The van der Waals surface area contributed by atoms with Crippen LogP contribution in [-0.4, -0.2) is 158 Å². The molecule has 0 aliphatic carbocycles. The molecule has 5 aliphatic heterocycles. The molecule has 18 heteroatoms. The molecule has 4 saturated heterocycles. The maximum atomic E-state index is 14.0. The van der Waals surface area contributed by atoms with Crippen molar-refractivity contribution < 1.29 is 28.7 Å². The number of imide groups is 2. The Morgan fingerprint density at radius 3 is 2.19 bits per heavy atom. The zero-order valence-electron chi connectivity index (χ0n) is 35.5. The first kappa shape index (κ1) is 41.1. The summed E-state index contributed by atoms with van der Waals surface area (Å²) in [5, 5.41) is 8.01. The summed E-state index contributed by atoms with van der Waals surface area (Å²) < 4.78 is 7.94. The highest BCUT2D eigenvalue weighted by Gasteiger charge is 2.45. The molecule has 330 valence electrons. The number of nitrogen functional groups attached to an aromatic ring is 1. The van der Waals surface area contributed by atoms with Crippen molar-refractivity contribution in [2.24, 2.45) is 0 Å². The Morgan fingerprint density at radius 1 is 0.750 bits per heavy atom. The molecule has 1 unspecified atom stereocenters. The molecule has 2 atom stereocenters. The number of urea groups is 1. The van der Waals surface area contributed by atoms with Gasteiger partial charge in [0.15, 0.2) is 5.65 Å². The molecule has 6 amide bonds. The van der Waals surface area contributed by atoms with Gasteiger partial charge in [-0.2, -0.15) is 5.10 Å². The minimum Gasteiger partial charge on any atom is -0.457 e. The standard InChI is InChI=1S/C46H50N12O6/c47-41-39-40(30-8-11-34(12-9-30)64-33-6-2-1-3-7-33)51-58(42(39)49-29-48-41)32-5-4-16-56(28-32)46(63)55-25-21-53(22-26-55)18-17-52-19-23-54(24-20-52)31-10-13-35-36(27-31)45(62)57(44(35)61)37-14-15-38(59)50-43(37)60/h1-3,6-13,27,29,32,37H,4-5,14-26,28H2,(H2,47,48,49)(H,50,59,60)/t32-,37?/m1/s1. The summed E-state index contributed by atoms with van der Waals surface area (Å²) in [6, 6.07) is 21.7. The Morgan fingerprint density at radius 2 is 1.45 bits per heavy atom. The molecule has 64 heavy (non-hydrogen) atoms. The second-order valence-electron chi connectivity index (χ2n) is 17.0. The van der Waals surface area contributed by atoms with Crippen LogP contribution in [0.15, 0.2) is 79.1 Å². The van der Waals surface area contributed by atoms with Crippen LogP contribution in [0.1, 0.15) is 52.4 Å². The molecule has 0 spiro atoms. The number of nitrogens with one attached hydrogen (secondary N) is 1. The molecule has 7 heterocycles. The molecule has 0 saturated carbocycles. The second-order valence-corrected chi connectivity index (χ2v) is 17.0. The van der Waals surface area contributed by atoms with Crippen LogP contribution in [0.5, 0.6) is 11.5 Å². The van der Waals surface area contributed by atoms with E-state index in [1.54, 1.807) is 12.1 Å². The summed E-state index contributed by atoms with van der Waals surface area (Å²) in [4.78, 5) is 85.6. The maximum Gasteiger partial charge on any atom is 0.320 e. The van der Waals surface area contributed by atoms with E-state index in [0.29, 0.717) is 60.0 Å². The number of hydrogen-bond donors (Lipinski definition) is 2. The van der Waals surface area contributed by atoms with Gasteiger partial charge in [-0.15, -0.1) is 0 Å². The molecule has 5 aromatic rings. The number of nitrogens with zero attached hydrogens (tertiary/aromatic N) is 10. The first-order valence-corrected chi connectivity index (χ1v) is 22.1. The number of nitrogens with two attached hydrogens (primary N) is 1. The van der Waals surface area contributed by atoms with Gasteiger partial charge in [0, 0.05) is 96.2 Å². The number of carbonyl (C=O) groups is 5. The number of para-hydroxylation sites is 1. The Balaban J connectivity index is 0.705. The van der Waals surface area contributed by atoms with Crippen molar-refractivity contribution in [1.29, 1.82) is 0 Å². The Hall–Kier alpha value is -6.92. The number of hydrogen-bond acceptors (Lipinski definition) is 13. The van der Waals surface area contributed by atoms with Gasteiger partial charge in [0.05, 0.1) is 22.6 Å². The SMILES string of the molecule is Nc1ncnc2c1c(-c1ccc(Oc3ccccc3)cc1)nn2[C@@H]1CCCN(C(=O)N2CCN(CCN3CCN(c4ccc5c(c4)C(=O)N(C4CCC(=O)NC4=O)C5=O)CC3)CC2)C1. The number of piperidine rings is 2. The highest BCUT2D eigenvalue weighted by Crippen LogP contribution is 2.36. The predicted molar refractivity (Wildman–Crippen MR) is 237 cm³/mol. The molecule has 0 radical (unpaired) electrons. The van der Waals surface area contributed by atoms with Gasteiger partial charge >= 0.3 is 6.03 Å². The number of benzene rings is 3. The Kier molecular flexibility index (Phi) is 11.1. The van der Waals surface area contributed by atoms with E-state index in [2.05, 4.69) is 30.0 Å². The number of fused-ring (bicyclic) bond motifs is 2. The van der Waals surface area contributed by atoms with Crippen molar-refractivity contribution in [2.75, 3.05) is 89.2 Å². The molecule has 4 fully saturated rings. The lowest BCUT2D eigenvalue weighted by Gasteiger charge is -2.41. The lowest BCUT2D eigenvalue weighted by molar-refractivity contribution is -0.136. The van der Waals surface area contributed by atoms with Crippen molar-refractivity contribution >= 4 is 52.2 Å². The normalized spacial score (nSPS) is 21.1. The van der Waals surface area contributed by atoms with Crippen molar-refractivity contribution in [2.45, 2.75) is 37.8 Å². The van der Waals surface area contributed by atoms with E-state index < -0.39 is 29.7 Å². The summed E-state index contributed by atoms with van der Waals surface area (Å²) in [6.45, 7) is 9.20. The van der Waals surface area contributed by atoms with Crippen LogP contribution in [0.2, 0.25) is 0 Å². The van der Waals surface area contributed by atoms with Gasteiger partial charge in [-0.25, -0.2) is 19.4 Å². The second kappa shape index (κ2) is 17.3. The fourth-order valence-electron chi connectivity index (χ4n) is 9.62. The van der Waals surface area contributed by atoms with Gasteiger partial charge in [0.25, 0.3) is 11.8 Å². The smallest absolute Gasteiger partial charge is 0.320 e. The maximum absolute atomic E-state index is 14.0. The van der Waals surface area contributed by atoms with Crippen LogP contribution in [0.3, 0.4) is 0 Å². The number of ether oxygens (including phenoxy) is 1. The van der Waals surface area contributed by atoms with Crippen molar-refractivity contribution in [3.8, 4) is 22.8 Å². The minimum absolute atomic E-state index is 0.0570. The number of likely N-dealkylation sites (tertiary alicyclic amines) is 1. The highest BCUT2D eigenvalue weighted by molar-refractivity contribution is 6.23. The third-order valence-electron chi connectivity index (χ3n) is 13.2. The summed E-state index contributed by atoms with van der Waals surface area (Å²) >= 11 is 0. The van der Waals surface area contributed by atoms with Gasteiger partial charge in [-0.05, 0) is 73.9 Å². The Bertz CT molecular complexity index is 2610. The van der Waals surface area contributed by atoms with E-state index in [9.17, 15) is 24.0 Å². The molecule has 10 rings (SSSR count). The van der Waals surface area contributed by atoms with Crippen LogP contribution in [0.25, 0.3) is 22.3 Å². The van der Waals surface area contributed by atoms with E-state index in [0.717, 1.165) is 87.1 Å². The average molecular weight is 867 g/mol. The lowest BCUT2D eigenvalue weighted by atomic mass is 10.0. The number of anilines is 2. The molecular weight excluding hydrogens is 817 g/mol. The van der Waals surface area contributed by atoms with E-state index in [-0.39, 0.29) is 30.5 Å². The topological polar surface area (TPSA) is 196 Å². The van der Waals surface area contributed by atoms with Crippen LogP contribution in [-0.2, 0) is 9.59 Å². The van der Waals surface area contributed by atoms with Crippen LogP contribution >= 0.6 is 0 Å². The van der Waals surface area contributed by atoms with Crippen molar-refractivity contribution in [3.05, 3.63) is 90.3 Å². The zero-order valence-corrected chi connectivity index (χ0v) is 35.5. The zero-order chi connectivity index (χ0) is 43.9. The first-order chi connectivity index (χ1) is 31.2. The van der Waals surface area contributed by atoms with Crippen LogP contribution < -0.4 is 20.7 Å². The average Bonchev–Trinajstić information content (AvgIpc) is 3.84. The molecule has 18 nitrogen and oxygen atoms in total. The number of aromatic nitrogens is 4. The van der Waals surface area contributed by atoms with E-state index in [1.807, 2.05) is 75.1 Å². The third kappa shape index (κ3) is 7.98. The van der Waals surface area contributed by atoms with Crippen molar-refractivity contribution in [1.82, 2.24) is 49.6 Å². The number of piperazine rings is 2. The van der Waals surface area contributed by atoms with Gasteiger partial charge < -0.3 is 25.2 Å². The molecule has 5 aliphatic rings. The fourth-order valence-corrected chi connectivity index (χ4v) is 9.62. The van der Waals surface area contributed by atoms with E-state index >= 15 is 0 Å². The predicted octanol–water partition coefficient (Wildman–Crippen LogP) is 3.47. The summed E-state index contributed by atoms with van der Waals surface area (Å²) in [5.41, 5.74) is 10.1. The molecule has 0 bridgehead atoms. The van der Waals surface area contributed by atoms with Gasteiger partial charge in [0.2, 0.25) is 11.8 Å². The number of carbonyl (C=O) groups excluding carboxylic acids is 5. The van der Waals surface area contributed by atoms with E-state index in [1.165, 1.54) is 6.33 Å². The van der Waals surface area contributed by atoms with Gasteiger partial charge in [-0.3, -0.25) is 39.2 Å². The molecular formula is C46H50N12O6. The molecule has 2 aromatic heterocycles. The summed E-state index contributed by atoms with van der Waals surface area (Å²) in [6.07, 6.45) is 3.38. The summed E-state index contributed by atoms with van der Waals surface area (Å²) in [7, 11) is 0. The minimum atomic E-state index is -0.984. The first-order valence-electron chi connectivity index (χ1n) is 22.1. The monoisotopic (exact) mass is 866 g/mol. The quantitative estimate of drug-likeness (QED) is 0.205. The molecule has 3 N–H and O–H groups in total. The van der Waals surface area contributed by atoms with Crippen LogP contribution in [0.4, 0.5) is 16.3 Å². The highest BCUT2D eigenvalue weighted by atomic mass is 16.5. The number of amides is 6. The van der Waals surface area contributed by atoms with E-state index in [4.69, 9.17) is 15.6 Å². The lowest BCUT2D eigenvalue weighted by Crippen LogP contribution is -2.55. The van der Waals surface area contributed by atoms with Crippen LogP contribution in [0, 0.1) is 0 Å². The summed E-state index contributed by atoms with van der Waals surface area (Å²) in [5.74, 6) is -0.187. The largest absolute Gasteiger partial charge is 0.457 e.